The minimum Gasteiger partial charge on any atom is -0.481 e. The van der Waals surface area contributed by atoms with Crippen LogP contribution in [0.4, 0.5) is 4.79 Å². The summed E-state index contributed by atoms with van der Waals surface area (Å²) in [5.41, 5.74) is -0.236. The standard InChI is InChI=1S/C14H24N2O4/c1-10-11(4-7-20-10)16(2)13(19)15-9-14(5-3-6-14)8-12(17)18/h10-11H,3-9H2,1-2H3,(H,15,19)(H,17,18). The Balaban J connectivity index is 1.83. The van der Waals surface area contributed by atoms with Crippen molar-refractivity contribution in [3.8, 4) is 0 Å². The van der Waals surface area contributed by atoms with Gasteiger partial charge in [-0.05, 0) is 31.6 Å². The maximum Gasteiger partial charge on any atom is 0.317 e. The predicted octanol–water partition coefficient (Wildman–Crippen LogP) is 1.45. The van der Waals surface area contributed by atoms with Crippen LogP contribution in [-0.4, -0.2) is 54.4 Å². The maximum atomic E-state index is 12.2. The summed E-state index contributed by atoms with van der Waals surface area (Å²) in [6, 6.07) is -0.0316. The van der Waals surface area contributed by atoms with Gasteiger partial charge in [-0.25, -0.2) is 4.79 Å². The topological polar surface area (TPSA) is 78.9 Å². The molecule has 1 aliphatic heterocycles. The van der Waals surface area contributed by atoms with E-state index in [0.717, 1.165) is 25.7 Å². The van der Waals surface area contributed by atoms with E-state index in [0.29, 0.717) is 13.2 Å². The van der Waals surface area contributed by atoms with Crippen LogP contribution in [0.1, 0.15) is 39.0 Å². The highest BCUT2D eigenvalue weighted by Gasteiger charge is 2.40. The van der Waals surface area contributed by atoms with Gasteiger partial charge in [0.2, 0.25) is 0 Å². The first-order valence-electron chi connectivity index (χ1n) is 7.28. The second kappa shape index (κ2) is 5.99. The number of hydrogen-bond acceptors (Lipinski definition) is 3. The molecule has 0 aromatic rings. The van der Waals surface area contributed by atoms with Crippen LogP contribution in [-0.2, 0) is 9.53 Å². The van der Waals surface area contributed by atoms with Gasteiger partial charge in [-0.2, -0.15) is 0 Å². The minimum absolute atomic E-state index is 0.0578. The smallest absolute Gasteiger partial charge is 0.317 e. The molecule has 2 fully saturated rings. The zero-order valence-electron chi connectivity index (χ0n) is 12.2. The summed E-state index contributed by atoms with van der Waals surface area (Å²) < 4.78 is 5.47. The number of carboxylic acids is 1. The van der Waals surface area contributed by atoms with Crippen molar-refractivity contribution >= 4 is 12.0 Å². The highest BCUT2D eigenvalue weighted by molar-refractivity contribution is 5.74. The molecular formula is C14H24N2O4. The first-order valence-corrected chi connectivity index (χ1v) is 7.28. The molecule has 0 radical (unpaired) electrons. The highest BCUT2D eigenvalue weighted by atomic mass is 16.5. The predicted molar refractivity (Wildman–Crippen MR) is 73.5 cm³/mol. The number of urea groups is 1. The summed E-state index contributed by atoms with van der Waals surface area (Å²) >= 11 is 0. The average Bonchev–Trinajstić information content (AvgIpc) is 2.77. The van der Waals surface area contributed by atoms with Crippen LogP contribution in [0.5, 0.6) is 0 Å². The second-order valence-electron chi connectivity index (χ2n) is 6.13. The fraction of sp³-hybridized carbons (Fsp3) is 0.857. The summed E-state index contributed by atoms with van der Waals surface area (Å²) in [7, 11) is 1.77. The van der Waals surface area contributed by atoms with Gasteiger partial charge in [0.1, 0.15) is 0 Å². The van der Waals surface area contributed by atoms with E-state index in [-0.39, 0.29) is 30.0 Å². The third-order valence-electron chi connectivity index (χ3n) is 4.71. The molecular weight excluding hydrogens is 260 g/mol. The number of carbonyl (C=O) groups excluding carboxylic acids is 1. The summed E-state index contributed by atoms with van der Waals surface area (Å²) in [6.45, 7) is 3.11. The van der Waals surface area contributed by atoms with Gasteiger partial charge in [0.25, 0.3) is 0 Å². The molecule has 1 saturated carbocycles. The van der Waals surface area contributed by atoms with Gasteiger partial charge in [0, 0.05) is 20.2 Å². The molecule has 2 amide bonds. The van der Waals surface area contributed by atoms with Gasteiger partial charge in [0.15, 0.2) is 0 Å². The first kappa shape index (κ1) is 15.1. The lowest BCUT2D eigenvalue weighted by Gasteiger charge is -2.41. The van der Waals surface area contributed by atoms with E-state index in [1.54, 1.807) is 11.9 Å². The molecule has 114 valence electrons. The molecule has 2 atom stereocenters. The van der Waals surface area contributed by atoms with Crippen LogP contribution in [0, 0.1) is 5.41 Å². The normalized spacial score (nSPS) is 27.7. The lowest BCUT2D eigenvalue weighted by Crippen LogP contribution is -2.50. The first-order chi connectivity index (χ1) is 9.43. The van der Waals surface area contributed by atoms with Crippen LogP contribution in [0.2, 0.25) is 0 Å². The quantitative estimate of drug-likeness (QED) is 0.801. The molecule has 6 nitrogen and oxygen atoms in total. The number of amides is 2. The van der Waals surface area contributed by atoms with Crippen LogP contribution < -0.4 is 5.32 Å². The summed E-state index contributed by atoms with van der Waals surface area (Å²) in [5, 5.41) is 11.9. The molecule has 2 rings (SSSR count). The Bertz CT molecular complexity index is 381. The van der Waals surface area contributed by atoms with Crippen molar-refractivity contribution < 1.29 is 19.4 Å². The Hall–Kier alpha value is -1.30. The van der Waals surface area contributed by atoms with E-state index in [1.807, 2.05) is 6.92 Å². The Labute approximate surface area is 119 Å². The van der Waals surface area contributed by atoms with E-state index in [9.17, 15) is 9.59 Å². The van der Waals surface area contributed by atoms with Crippen molar-refractivity contribution in [2.24, 2.45) is 5.41 Å². The van der Waals surface area contributed by atoms with E-state index in [1.165, 1.54) is 0 Å². The maximum absolute atomic E-state index is 12.2. The second-order valence-corrected chi connectivity index (χ2v) is 6.13. The fourth-order valence-electron chi connectivity index (χ4n) is 3.18. The van der Waals surface area contributed by atoms with Crippen LogP contribution >= 0.6 is 0 Å². The van der Waals surface area contributed by atoms with Crippen molar-refractivity contribution in [2.75, 3.05) is 20.2 Å². The summed E-state index contributed by atoms with van der Waals surface area (Å²) in [4.78, 5) is 24.7. The lowest BCUT2D eigenvalue weighted by molar-refractivity contribution is -0.141. The van der Waals surface area contributed by atoms with Crippen LogP contribution in [0.15, 0.2) is 0 Å². The van der Waals surface area contributed by atoms with E-state index in [4.69, 9.17) is 9.84 Å². The van der Waals surface area contributed by atoms with Crippen LogP contribution in [0.3, 0.4) is 0 Å². The van der Waals surface area contributed by atoms with E-state index >= 15 is 0 Å². The highest BCUT2D eigenvalue weighted by Crippen LogP contribution is 2.43. The summed E-state index contributed by atoms with van der Waals surface area (Å²) in [5.74, 6) is -0.787. The fourth-order valence-corrected chi connectivity index (χ4v) is 3.18. The number of nitrogens with zero attached hydrogens (tertiary/aromatic N) is 1. The monoisotopic (exact) mass is 284 g/mol. The molecule has 0 bridgehead atoms. The lowest BCUT2D eigenvalue weighted by atomic mass is 9.66. The van der Waals surface area contributed by atoms with Crippen molar-refractivity contribution in [2.45, 2.75) is 51.2 Å². The zero-order chi connectivity index (χ0) is 14.8. The Morgan fingerprint density at radius 2 is 2.15 bits per heavy atom. The molecule has 0 spiro atoms. The Morgan fingerprint density at radius 3 is 2.60 bits per heavy atom. The SMILES string of the molecule is CC1OCCC1N(C)C(=O)NCC1(CC(=O)O)CCC1. The molecule has 2 aliphatic rings. The Morgan fingerprint density at radius 1 is 1.45 bits per heavy atom. The van der Waals surface area contributed by atoms with Gasteiger partial charge in [-0.1, -0.05) is 6.42 Å². The van der Waals surface area contributed by atoms with Crippen molar-refractivity contribution in [1.29, 1.82) is 0 Å². The van der Waals surface area contributed by atoms with Crippen molar-refractivity contribution in [3.05, 3.63) is 0 Å². The average molecular weight is 284 g/mol. The van der Waals surface area contributed by atoms with E-state index in [2.05, 4.69) is 5.32 Å². The number of aliphatic carboxylic acids is 1. The minimum atomic E-state index is -0.787. The number of likely N-dealkylation sites (N-methyl/N-ethyl adjacent to an activating group) is 1. The number of ether oxygens (including phenoxy) is 1. The van der Waals surface area contributed by atoms with Gasteiger partial charge in [0.05, 0.1) is 18.6 Å². The van der Waals surface area contributed by atoms with Gasteiger partial charge in [-0.15, -0.1) is 0 Å². The summed E-state index contributed by atoms with van der Waals surface area (Å²) in [6.07, 6.45) is 3.86. The van der Waals surface area contributed by atoms with Gasteiger partial charge < -0.3 is 20.1 Å². The molecule has 1 aliphatic carbocycles. The number of rotatable bonds is 5. The third-order valence-corrected chi connectivity index (χ3v) is 4.71. The molecule has 6 heteroatoms. The molecule has 1 saturated heterocycles. The van der Waals surface area contributed by atoms with Crippen molar-refractivity contribution in [3.63, 3.8) is 0 Å². The molecule has 0 aromatic carbocycles. The van der Waals surface area contributed by atoms with Gasteiger partial charge in [-0.3, -0.25) is 4.79 Å². The molecule has 0 aromatic heterocycles. The third kappa shape index (κ3) is 3.23. The number of carboxylic acid groups (broad SMARTS) is 1. The largest absolute Gasteiger partial charge is 0.481 e. The van der Waals surface area contributed by atoms with E-state index < -0.39 is 5.97 Å². The zero-order valence-corrected chi connectivity index (χ0v) is 12.2. The number of nitrogens with one attached hydrogen (secondary N) is 1. The molecule has 2 unspecified atom stereocenters. The number of carbonyl (C=O) groups is 2. The van der Waals surface area contributed by atoms with Crippen molar-refractivity contribution in [1.82, 2.24) is 10.2 Å². The van der Waals surface area contributed by atoms with Crippen LogP contribution in [0.25, 0.3) is 0 Å². The molecule has 1 heterocycles. The number of hydrogen-bond donors (Lipinski definition) is 2. The Kier molecular flexibility index (Phi) is 4.52. The molecule has 2 N–H and O–H groups in total. The van der Waals surface area contributed by atoms with Gasteiger partial charge >= 0.3 is 12.0 Å². The molecule has 20 heavy (non-hydrogen) atoms.